The molecule has 0 atom stereocenters. The number of benzene rings is 3. The summed E-state index contributed by atoms with van der Waals surface area (Å²) in [5, 5.41) is 4.70. The van der Waals surface area contributed by atoms with Crippen molar-refractivity contribution in [3.05, 3.63) is 75.6 Å². The molecule has 0 unspecified atom stereocenters. The molecule has 8 heteroatoms. The van der Waals surface area contributed by atoms with Crippen LogP contribution in [-0.4, -0.2) is 18.0 Å². The van der Waals surface area contributed by atoms with Crippen LogP contribution in [0.3, 0.4) is 0 Å². The van der Waals surface area contributed by atoms with Gasteiger partial charge in [-0.25, -0.2) is 4.98 Å². The molecule has 5 nitrogen and oxygen atoms in total. The maximum Gasteiger partial charge on any atom is 0.267 e. The van der Waals surface area contributed by atoms with E-state index in [1.54, 1.807) is 37.4 Å². The van der Waals surface area contributed by atoms with Crippen LogP contribution < -0.4 is 10.1 Å². The Bertz CT molecular complexity index is 1440. The largest absolute Gasteiger partial charge is 0.497 e. The number of carbonyl (C=O) groups excluding carboxylic acids is 1. The van der Waals surface area contributed by atoms with Gasteiger partial charge in [0.15, 0.2) is 5.58 Å². The highest BCUT2D eigenvalue weighted by Gasteiger charge is 2.18. The number of aromatic nitrogens is 1. The monoisotopic (exact) mass is 468 g/mol. The number of amides is 1. The normalized spacial score (nSPS) is 11.2. The fourth-order valence-electron chi connectivity index (χ4n) is 3.24. The summed E-state index contributed by atoms with van der Waals surface area (Å²) in [5.74, 6) is 0.957. The molecule has 31 heavy (non-hydrogen) atoms. The van der Waals surface area contributed by atoms with Gasteiger partial charge in [0.25, 0.3) is 5.91 Å². The van der Waals surface area contributed by atoms with E-state index in [0.717, 1.165) is 21.4 Å². The Labute approximate surface area is 191 Å². The van der Waals surface area contributed by atoms with Crippen molar-refractivity contribution in [3.8, 4) is 17.2 Å². The van der Waals surface area contributed by atoms with Crippen molar-refractivity contribution >= 4 is 67.3 Å². The number of fused-ring (bicyclic) bond motifs is 2. The van der Waals surface area contributed by atoms with Gasteiger partial charge in [-0.1, -0.05) is 29.3 Å². The topological polar surface area (TPSA) is 64.4 Å². The second kappa shape index (κ2) is 7.89. The van der Waals surface area contributed by atoms with Crippen LogP contribution in [0.25, 0.3) is 32.6 Å². The van der Waals surface area contributed by atoms with E-state index >= 15 is 0 Å². The predicted molar refractivity (Wildman–Crippen MR) is 126 cm³/mol. The molecule has 3 aromatic carbocycles. The SMILES string of the molecule is COc1ccc(-c2nc3cc(NC(=O)c4sc5cc(Cl)ccc5c4Cl)ccc3o2)cc1. The molecule has 1 amide bonds. The van der Waals surface area contributed by atoms with Gasteiger partial charge in [0.1, 0.15) is 16.1 Å². The molecule has 0 aliphatic carbocycles. The zero-order valence-electron chi connectivity index (χ0n) is 16.1. The second-order valence-electron chi connectivity index (χ2n) is 6.77. The lowest BCUT2D eigenvalue weighted by atomic mass is 10.2. The molecular weight excluding hydrogens is 455 g/mol. The summed E-state index contributed by atoms with van der Waals surface area (Å²) in [7, 11) is 1.62. The highest BCUT2D eigenvalue weighted by molar-refractivity contribution is 7.21. The highest BCUT2D eigenvalue weighted by atomic mass is 35.5. The zero-order chi connectivity index (χ0) is 21.5. The minimum Gasteiger partial charge on any atom is -0.497 e. The lowest BCUT2D eigenvalue weighted by Crippen LogP contribution is -2.10. The molecule has 0 saturated carbocycles. The highest BCUT2D eigenvalue weighted by Crippen LogP contribution is 2.37. The van der Waals surface area contributed by atoms with Crippen LogP contribution in [0.4, 0.5) is 5.69 Å². The van der Waals surface area contributed by atoms with E-state index in [4.69, 9.17) is 32.4 Å². The Hall–Kier alpha value is -3.06. The number of ether oxygens (including phenoxy) is 1. The maximum atomic E-state index is 12.8. The van der Waals surface area contributed by atoms with Gasteiger partial charge in [-0.2, -0.15) is 0 Å². The van der Waals surface area contributed by atoms with E-state index in [0.29, 0.717) is 37.6 Å². The predicted octanol–water partition coefficient (Wildman–Crippen LogP) is 7.28. The van der Waals surface area contributed by atoms with Gasteiger partial charge in [0, 0.05) is 26.4 Å². The molecular formula is C23H14Cl2N2O3S. The van der Waals surface area contributed by atoms with Gasteiger partial charge in [0.05, 0.1) is 12.1 Å². The van der Waals surface area contributed by atoms with Gasteiger partial charge in [-0.05, 0) is 54.6 Å². The number of halogens is 2. The van der Waals surface area contributed by atoms with Crippen molar-refractivity contribution < 1.29 is 13.9 Å². The van der Waals surface area contributed by atoms with Crippen LogP contribution in [0.5, 0.6) is 5.75 Å². The van der Waals surface area contributed by atoms with Crippen LogP contribution in [0.15, 0.2) is 65.1 Å². The Morgan fingerprint density at radius 2 is 1.87 bits per heavy atom. The number of oxazole rings is 1. The Morgan fingerprint density at radius 1 is 1.06 bits per heavy atom. The Balaban J connectivity index is 1.43. The number of nitrogens with one attached hydrogen (secondary N) is 1. The van der Waals surface area contributed by atoms with Crippen LogP contribution >= 0.6 is 34.5 Å². The summed E-state index contributed by atoms with van der Waals surface area (Å²) in [6.07, 6.45) is 0. The van der Waals surface area contributed by atoms with Crippen molar-refractivity contribution in [3.63, 3.8) is 0 Å². The summed E-state index contributed by atoms with van der Waals surface area (Å²) in [6, 6.07) is 18.1. The third-order valence-electron chi connectivity index (χ3n) is 4.78. The third kappa shape index (κ3) is 3.74. The summed E-state index contributed by atoms with van der Waals surface area (Å²) >= 11 is 13.8. The van der Waals surface area contributed by atoms with E-state index < -0.39 is 0 Å². The van der Waals surface area contributed by atoms with Gasteiger partial charge < -0.3 is 14.5 Å². The molecule has 0 spiro atoms. The average molecular weight is 469 g/mol. The molecule has 0 saturated heterocycles. The molecule has 0 radical (unpaired) electrons. The smallest absolute Gasteiger partial charge is 0.267 e. The summed E-state index contributed by atoms with van der Waals surface area (Å²) < 4.78 is 11.9. The molecule has 0 aliphatic rings. The first-order valence-corrected chi connectivity index (χ1v) is 10.8. The first kappa shape index (κ1) is 19.9. The molecule has 5 rings (SSSR count). The minimum absolute atomic E-state index is 0.291. The van der Waals surface area contributed by atoms with Crippen molar-refractivity contribution in [2.45, 2.75) is 0 Å². The summed E-state index contributed by atoms with van der Waals surface area (Å²) in [4.78, 5) is 17.8. The molecule has 0 aliphatic heterocycles. The van der Waals surface area contributed by atoms with Crippen LogP contribution in [0.1, 0.15) is 9.67 Å². The van der Waals surface area contributed by atoms with Gasteiger partial charge in [-0.15, -0.1) is 11.3 Å². The van der Waals surface area contributed by atoms with E-state index in [9.17, 15) is 4.79 Å². The Kier molecular flexibility index (Phi) is 5.06. The van der Waals surface area contributed by atoms with Crippen molar-refractivity contribution in [1.29, 1.82) is 0 Å². The first-order valence-electron chi connectivity index (χ1n) is 9.26. The van der Waals surface area contributed by atoms with Gasteiger partial charge in [-0.3, -0.25) is 4.79 Å². The second-order valence-corrected chi connectivity index (χ2v) is 8.64. The summed E-state index contributed by atoms with van der Waals surface area (Å²) in [5.41, 5.74) is 2.69. The zero-order valence-corrected chi connectivity index (χ0v) is 18.4. The van der Waals surface area contributed by atoms with E-state index in [1.165, 1.54) is 11.3 Å². The molecule has 5 aromatic rings. The fourth-order valence-corrected chi connectivity index (χ4v) is 4.92. The Morgan fingerprint density at radius 3 is 2.65 bits per heavy atom. The number of anilines is 1. The molecule has 2 aromatic heterocycles. The van der Waals surface area contributed by atoms with Crippen LogP contribution in [0, 0.1) is 0 Å². The molecule has 154 valence electrons. The minimum atomic E-state index is -0.291. The van der Waals surface area contributed by atoms with Crippen molar-refractivity contribution in [1.82, 2.24) is 4.98 Å². The first-order chi connectivity index (χ1) is 15.0. The number of thiophene rings is 1. The number of rotatable bonds is 4. The van der Waals surface area contributed by atoms with Crippen molar-refractivity contribution in [2.75, 3.05) is 12.4 Å². The van der Waals surface area contributed by atoms with E-state index in [1.807, 2.05) is 30.3 Å². The van der Waals surface area contributed by atoms with Gasteiger partial charge in [0.2, 0.25) is 5.89 Å². The number of hydrogen-bond donors (Lipinski definition) is 1. The number of nitrogens with zero attached hydrogens (tertiary/aromatic N) is 1. The quantitative estimate of drug-likeness (QED) is 0.301. The number of carbonyl (C=O) groups is 1. The lowest BCUT2D eigenvalue weighted by Gasteiger charge is -2.03. The molecule has 0 fully saturated rings. The lowest BCUT2D eigenvalue weighted by molar-refractivity contribution is 0.103. The molecule has 1 N–H and O–H groups in total. The van der Waals surface area contributed by atoms with Crippen LogP contribution in [0.2, 0.25) is 10.0 Å². The maximum absolute atomic E-state index is 12.8. The summed E-state index contributed by atoms with van der Waals surface area (Å²) in [6.45, 7) is 0. The van der Waals surface area contributed by atoms with E-state index in [2.05, 4.69) is 10.3 Å². The molecule has 0 bridgehead atoms. The third-order valence-corrected chi connectivity index (χ3v) is 6.67. The average Bonchev–Trinajstić information content (AvgIpc) is 3.34. The standard InChI is InChI=1S/C23H14Cl2N2O3S/c1-29-15-6-2-12(3-7-15)23-27-17-11-14(5-9-18(17)30-23)26-22(28)21-20(25)16-8-4-13(24)10-19(16)31-21/h2-11H,1H3,(H,26,28). The van der Waals surface area contributed by atoms with Crippen LogP contribution in [-0.2, 0) is 0 Å². The van der Waals surface area contributed by atoms with E-state index in [-0.39, 0.29) is 5.91 Å². The van der Waals surface area contributed by atoms with Crippen molar-refractivity contribution in [2.24, 2.45) is 0 Å². The number of hydrogen-bond acceptors (Lipinski definition) is 5. The fraction of sp³-hybridized carbons (Fsp3) is 0.0435. The number of methoxy groups -OCH3 is 1. The molecule has 2 heterocycles. The van der Waals surface area contributed by atoms with Gasteiger partial charge >= 0.3 is 0 Å².